The first-order valence-electron chi connectivity index (χ1n) is 9.92. The van der Waals surface area contributed by atoms with Crippen LogP contribution in [-0.2, 0) is 11.3 Å². The van der Waals surface area contributed by atoms with Gasteiger partial charge in [-0.3, -0.25) is 4.79 Å². The topological polar surface area (TPSA) is 74.8 Å². The van der Waals surface area contributed by atoms with Crippen LogP contribution in [0, 0.1) is 5.92 Å². The third kappa shape index (κ3) is 7.70. The highest BCUT2D eigenvalue weighted by atomic mass is 19.3. The molecule has 0 bridgehead atoms. The molecule has 0 aliphatic heterocycles. The number of rotatable bonds is 9. The normalized spacial score (nSPS) is 15.4. The quantitative estimate of drug-likeness (QED) is 0.341. The highest BCUT2D eigenvalue weighted by Gasteiger charge is 2.20. The van der Waals surface area contributed by atoms with Crippen molar-refractivity contribution < 1.29 is 18.3 Å². The Hall–Kier alpha value is -2.38. The monoisotopic (exact) mass is 396 g/mol. The molecule has 1 aromatic rings. The number of hydrogen-bond acceptors (Lipinski definition) is 3. The van der Waals surface area contributed by atoms with Crippen LogP contribution in [0.25, 0.3) is 0 Å². The Bertz CT molecular complexity index is 634. The fourth-order valence-corrected chi connectivity index (χ4v) is 3.23. The van der Waals surface area contributed by atoms with E-state index in [-0.39, 0.29) is 24.1 Å². The van der Waals surface area contributed by atoms with Gasteiger partial charge in [0.1, 0.15) is 5.75 Å². The number of hydrogen-bond donors (Lipinski definition) is 3. The summed E-state index contributed by atoms with van der Waals surface area (Å²) in [6.45, 7) is 0.965. The van der Waals surface area contributed by atoms with Gasteiger partial charge in [0.2, 0.25) is 5.91 Å². The Kier molecular flexibility index (Phi) is 9.51. The molecule has 156 valence electrons. The lowest BCUT2D eigenvalue weighted by molar-refractivity contribution is -0.125. The van der Waals surface area contributed by atoms with Crippen molar-refractivity contribution in [3.63, 3.8) is 0 Å². The number of ether oxygens (including phenoxy) is 1. The maximum absolute atomic E-state index is 12.5. The number of para-hydroxylation sites is 1. The molecule has 0 unspecified atom stereocenters. The van der Waals surface area contributed by atoms with Crippen LogP contribution in [0.4, 0.5) is 8.78 Å². The number of halogens is 2. The molecular weight excluding hydrogens is 366 g/mol. The second-order valence-electron chi connectivity index (χ2n) is 6.73. The predicted molar refractivity (Wildman–Crippen MR) is 105 cm³/mol. The number of nitrogens with zero attached hydrogens (tertiary/aromatic N) is 1. The summed E-state index contributed by atoms with van der Waals surface area (Å²) in [6, 6.07) is 6.60. The largest absolute Gasteiger partial charge is 0.434 e. The second kappa shape index (κ2) is 12.2. The summed E-state index contributed by atoms with van der Waals surface area (Å²) < 4.78 is 29.5. The summed E-state index contributed by atoms with van der Waals surface area (Å²) in [5, 5.41) is 9.21. The van der Waals surface area contributed by atoms with E-state index < -0.39 is 6.61 Å². The first kappa shape index (κ1) is 21.9. The van der Waals surface area contributed by atoms with Crippen LogP contribution in [-0.4, -0.2) is 38.1 Å². The molecule has 28 heavy (non-hydrogen) atoms. The maximum atomic E-state index is 12.5. The van der Waals surface area contributed by atoms with Crippen molar-refractivity contribution >= 4 is 11.9 Å². The van der Waals surface area contributed by atoms with Crippen LogP contribution in [0.1, 0.15) is 44.6 Å². The molecule has 0 saturated heterocycles. The molecule has 0 radical (unpaired) electrons. The summed E-state index contributed by atoms with van der Waals surface area (Å²) >= 11 is 0. The second-order valence-corrected chi connectivity index (χ2v) is 6.73. The minimum atomic E-state index is -2.87. The number of aliphatic imine (C=N–C) groups is 1. The minimum absolute atomic E-state index is 0.122. The molecule has 0 spiro atoms. The van der Waals surface area contributed by atoms with Crippen LogP contribution in [0.5, 0.6) is 5.75 Å². The zero-order valence-corrected chi connectivity index (χ0v) is 16.3. The molecule has 0 heterocycles. The van der Waals surface area contributed by atoms with Gasteiger partial charge in [0.25, 0.3) is 0 Å². The van der Waals surface area contributed by atoms with Crippen LogP contribution >= 0.6 is 0 Å². The van der Waals surface area contributed by atoms with Gasteiger partial charge >= 0.3 is 6.61 Å². The van der Waals surface area contributed by atoms with Crippen molar-refractivity contribution in [3.05, 3.63) is 29.8 Å². The number of benzene rings is 1. The van der Waals surface area contributed by atoms with E-state index in [1.807, 2.05) is 6.92 Å². The lowest BCUT2D eigenvalue weighted by Crippen LogP contribution is -2.42. The number of carbonyl (C=O) groups excluding carboxylic acids is 1. The molecule has 0 atom stereocenters. The van der Waals surface area contributed by atoms with Gasteiger partial charge < -0.3 is 20.7 Å². The average Bonchev–Trinajstić information content (AvgIpc) is 2.70. The van der Waals surface area contributed by atoms with Crippen LogP contribution in [0.3, 0.4) is 0 Å². The summed E-state index contributed by atoms with van der Waals surface area (Å²) in [5.74, 6) is 0.946. The third-order valence-corrected chi connectivity index (χ3v) is 4.63. The van der Waals surface area contributed by atoms with Gasteiger partial charge in [-0.1, -0.05) is 37.5 Å². The number of carbonyl (C=O) groups is 1. The first-order valence-corrected chi connectivity index (χ1v) is 9.92. The fourth-order valence-electron chi connectivity index (χ4n) is 3.23. The van der Waals surface area contributed by atoms with Gasteiger partial charge in [-0.25, -0.2) is 4.99 Å². The van der Waals surface area contributed by atoms with E-state index in [0.29, 0.717) is 31.2 Å². The molecule has 6 nitrogen and oxygen atoms in total. The highest BCUT2D eigenvalue weighted by Crippen LogP contribution is 2.23. The Labute approximate surface area is 165 Å². The number of alkyl halides is 2. The molecular formula is C20H30F2N4O2. The van der Waals surface area contributed by atoms with Gasteiger partial charge in [0.05, 0.1) is 6.54 Å². The van der Waals surface area contributed by atoms with Crippen molar-refractivity contribution in [1.29, 1.82) is 0 Å². The number of amides is 1. The first-order chi connectivity index (χ1) is 13.6. The Morgan fingerprint density at radius 2 is 1.86 bits per heavy atom. The Morgan fingerprint density at radius 1 is 1.14 bits per heavy atom. The van der Waals surface area contributed by atoms with E-state index in [0.717, 1.165) is 25.7 Å². The van der Waals surface area contributed by atoms with Crippen LogP contribution < -0.4 is 20.7 Å². The number of nitrogens with one attached hydrogen (secondary N) is 3. The van der Waals surface area contributed by atoms with E-state index >= 15 is 0 Å². The van der Waals surface area contributed by atoms with Gasteiger partial charge in [-0.15, -0.1) is 0 Å². The van der Waals surface area contributed by atoms with Crippen LogP contribution in [0.2, 0.25) is 0 Å². The molecule has 2 rings (SSSR count). The molecule has 1 aliphatic rings. The Morgan fingerprint density at radius 3 is 2.57 bits per heavy atom. The maximum Gasteiger partial charge on any atom is 0.387 e. The van der Waals surface area contributed by atoms with E-state index in [9.17, 15) is 13.6 Å². The fraction of sp³-hybridized carbons (Fsp3) is 0.600. The standard InChI is InChI=1S/C20H30F2N4O2/c1-2-23-20(25-13-12-24-18(27)15-8-4-3-5-9-15)26-14-16-10-6-7-11-17(16)28-19(21)22/h6-7,10-11,15,19H,2-5,8-9,12-14H2,1H3,(H,24,27)(H2,23,25,26). The highest BCUT2D eigenvalue weighted by molar-refractivity contribution is 5.80. The van der Waals surface area contributed by atoms with Crippen LogP contribution in [0.15, 0.2) is 29.3 Å². The minimum Gasteiger partial charge on any atom is -0.434 e. The molecule has 1 aliphatic carbocycles. The molecule has 0 aromatic heterocycles. The zero-order valence-electron chi connectivity index (χ0n) is 16.3. The predicted octanol–water partition coefficient (Wildman–Crippen LogP) is 3.04. The van der Waals surface area contributed by atoms with Crippen molar-refractivity contribution in [3.8, 4) is 5.75 Å². The number of guanidine groups is 1. The average molecular weight is 396 g/mol. The summed E-state index contributed by atoms with van der Waals surface area (Å²) in [5.41, 5.74) is 0.575. The van der Waals surface area contributed by atoms with Crippen molar-refractivity contribution in [2.24, 2.45) is 10.9 Å². The SMILES string of the molecule is CCNC(=NCc1ccccc1OC(F)F)NCCNC(=O)C1CCCCC1. The summed E-state index contributed by atoms with van der Waals surface area (Å²) in [7, 11) is 0. The summed E-state index contributed by atoms with van der Waals surface area (Å²) in [6.07, 6.45) is 5.43. The summed E-state index contributed by atoms with van der Waals surface area (Å²) in [4.78, 5) is 16.6. The van der Waals surface area contributed by atoms with E-state index in [2.05, 4.69) is 25.7 Å². The lowest BCUT2D eigenvalue weighted by Gasteiger charge is -2.21. The van der Waals surface area contributed by atoms with Gasteiger partial charge in [0, 0.05) is 31.1 Å². The van der Waals surface area contributed by atoms with E-state index in [4.69, 9.17) is 0 Å². The van der Waals surface area contributed by atoms with E-state index in [1.165, 1.54) is 12.5 Å². The van der Waals surface area contributed by atoms with Gasteiger partial charge in [-0.05, 0) is 25.8 Å². The zero-order chi connectivity index (χ0) is 20.2. The molecule has 1 saturated carbocycles. The van der Waals surface area contributed by atoms with Crippen molar-refractivity contribution in [2.45, 2.75) is 52.2 Å². The molecule has 8 heteroatoms. The van der Waals surface area contributed by atoms with Gasteiger partial charge in [0.15, 0.2) is 5.96 Å². The lowest BCUT2D eigenvalue weighted by atomic mass is 9.89. The Balaban J connectivity index is 1.81. The molecule has 3 N–H and O–H groups in total. The molecule has 1 aromatic carbocycles. The third-order valence-electron chi connectivity index (χ3n) is 4.63. The molecule has 1 amide bonds. The smallest absolute Gasteiger partial charge is 0.387 e. The van der Waals surface area contributed by atoms with Crippen molar-refractivity contribution in [2.75, 3.05) is 19.6 Å². The van der Waals surface area contributed by atoms with Crippen molar-refractivity contribution in [1.82, 2.24) is 16.0 Å². The van der Waals surface area contributed by atoms with Gasteiger partial charge in [-0.2, -0.15) is 8.78 Å². The van der Waals surface area contributed by atoms with E-state index in [1.54, 1.807) is 18.2 Å². The molecule has 1 fully saturated rings.